The highest BCUT2D eigenvalue weighted by Gasteiger charge is 2.44. The fraction of sp³-hybridized carbons (Fsp3) is 0.481. The van der Waals surface area contributed by atoms with E-state index in [4.69, 9.17) is 37.4 Å². The molecule has 2 aliphatic rings. The normalized spacial score (nSPS) is 17.2. The Balaban J connectivity index is 1.44. The van der Waals surface area contributed by atoms with Crippen LogP contribution in [0.25, 0.3) is 0 Å². The molecule has 0 saturated carbocycles. The van der Waals surface area contributed by atoms with Crippen molar-refractivity contribution >= 4 is 35.1 Å². The second-order valence-corrected chi connectivity index (χ2v) is 11.0. The van der Waals surface area contributed by atoms with E-state index >= 15 is 0 Å². The van der Waals surface area contributed by atoms with Crippen LogP contribution in [0.5, 0.6) is 17.2 Å². The Bertz CT molecular complexity index is 1350. The van der Waals surface area contributed by atoms with Crippen molar-refractivity contribution in [1.82, 2.24) is 4.90 Å². The molecule has 0 bridgehead atoms. The zero-order chi connectivity index (χ0) is 31.6. The summed E-state index contributed by atoms with van der Waals surface area (Å²) in [6.07, 6.45) is -11.0. The molecule has 0 amide bonds. The average Bonchev–Trinajstić information content (AvgIpc) is 3.25. The van der Waals surface area contributed by atoms with Gasteiger partial charge in [0.2, 0.25) is 0 Å². The molecule has 8 nitrogen and oxygen atoms in total. The van der Waals surface area contributed by atoms with Crippen molar-refractivity contribution in [3.8, 4) is 17.2 Å². The number of carboxylic acid groups (broad SMARTS) is 1. The first-order chi connectivity index (χ1) is 20.0. The molecule has 1 atom stereocenters. The number of esters is 1. The largest absolute Gasteiger partial charge is 0.492 e. The lowest BCUT2D eigenvalue weighted by Crippen LogP contribution is -2.50. The molecule has 2 aromatic carbocycles. The maximum absolute atomic E-state index is 13.0. The van der Waals surface area contributed by atoms with E-state index in [2.05, 4.69) is 4.74 Å². The Kier molecular flexibility index (Phi) is 9.82. The Hall–Kier alpha value is -3.10. The summed E-state index contributed by atoms with van der Waals surface area (Å²) >= 11 is 12.0. The van der Waals surface area contributed by atoms with E-state index < -0.39 is 66.9 Å². The van der Waals surface area contributed by atoms with Crippen LogP contribution in [0, 0.1) is 0 Å². The van der Waals surface area contributed by atoms with Gasteiger partial charge < -0.3 is 24.1 Å². The van der Waals surface area contributed by atoms with E-state index in [1.807, 2.05) is 6.07 Å². The van der Waals surface area contributed by atoms with Crippen molar-refractivity contribution in [3.63, 3.8) is 0 Å². The van der Waals surface area contributed by atoms with Gasteiger partial charge in [0.15, 0.2) is 0 Å². The molecule has 0 radical (unpaired) electrons. The third-order valence-corrected chi connectivity index (χ3v) is 7.46. The Morgan fingerprint density at radius 3 is 2.35 bits per heavy atom. The van der Waals surface area contributed by atoms with Crippen molar-refractivity contribution in [1.29, 1.82) is 0 Å². The third-order valence-electron chi connectivity index (χ3n) is 6.93. The van der Waals surface area contributed by atoms with Crippen LogP contribution in [0.2, 0.25) is 10.0 Å². The van der Waals surface area contributed by atoms with Gasteiger partial charge in [-0.25, -0.2) is 9.59 Å². The summed E-state index contributed by atoms with van der Waals surface area (Å²) in [4.78, 5) is 25.2. The molecule has 4 rings (SSSR count). The number of nitrogens with zero attached hydrogens (tertiary/aromatic N) is 1. The molecule has 2 aliphatic heterocycles. The van der Waals surface area contributed by atoms with Crippen LogP contribution in [0.3, 0.4) is 0 Å². The quantitative estimate of drug-likeness (QED) is 0.233. The van der Waals surface area contributed by atoms with Crippen molar-refractivity contribution in [2.75, 3.05) is 32.8 Å². The van der Waals surface area contributed by atoms with Crippen molar-refractivity contribution in [2.24, 2.45) is 0 Å². The standard InChI is InChI=1S/C27H25Cl2F6NO7/c28-16-1-2-20-15(9-16)12-25(43-20)3-6-36(7-4-25)13-17(42-24(39)27(33,34)35)14-41-21-11-22(40-8-5-26(30,31)32)19(29)10-18(21)23(37)38/h1-2,9-11,17H,3-8,12-14H2,(H,37,38)/t17-/m0/s1. The monoisotopic (exact) mass is 659 g/mol. The van der Waals surface area contributed by atoms with Crippen LogP contribution in [0.15, 0.2) is 30.3 Å². The molecule has 1 N–H and O–H groups in total. The number of benzene rings is 2. The van der Waals surface area contributed by atoms with Gasteiger partial charge in [-0.05, 0) is 29.8 Å². The third kappa shape index (κ3) is 8.73. The van der Waals surface area contributed by atoms with E-state index in [1.165, 1.54) is 0 Å². The predicted molar refractivity (Wildman–Crippen MR) is 140 cm³/mol. The predicted octanol–water partition coefficient (Wildman–Crippen LogP) is 6.35. The molecule has 0 unspecified atom stereocenters. The molecular weight excluding hydrogens is 635 g/mol. The average molecular weight is 660 g/mol. The number of likely N-dealkylation sites (tertiary alicyclic amines) is 1. The number of carbonyl (C=O) groups excluding carboxylic acids is 1. The van der Waals surface area contributed by atoms with Gasteiger partial charge in [-0.3, -0.25) is 4.90 Å². The molecule has 43 heavy (non-hydrogen) atoms. The number of ether oxygens (including phenoxy) is 4. The van der Waals surface area contributed by atoms with Crippen LogP contribution >= 0.6 is 23.2 Å². The smallest absolute Gasteiger partial charge is 0.490 e. The number of rotatable bonds is 10. The molecule has 2 aromatic rings. The summed E-state index contributed by atoms with van der Waals surface area (Å²) in [5.74, 6) is -4.09. The summed E-state index contributed by atoms with van der Waals surface area (Å²) in [7, 11) is 0. The van der Waals surface area contributed by atoms with Crippen molar-refractivity contribution < 1.29 is 60.0 Å². The summed E-state index contributed by atoms with van der Waals surface area (Å²) in [5, 5.41) is 9.77. The lowest BCUT2D eigenvalue weighted by atomic mass is 9.87. The first kappa shape index (κ1) is 32.8. The summed E-state index contributed by atoms with van der Waals surface area (Å²) in [6.45, 7) is -0.991. The number of alkyl halides is 6. The summed E-state index contributed by atoms with van der Waals surface area (Å²) in [6, 6.07) is 7.09. The topological polar surface area (TPSA) is 94.5 Å². The molecule has 0 aromatic heterocycles. The van der Waals surface area contributed by atoms with E-state index in [0.717, 1.165) is 17.7 Å². The lowest BCUT2D eigenvalue weighted by molar-refractivity contribution is -0.207. The zero-order valence-electron chi connectivity index (χ0n) is 22.2. The van der Waals surface area contributed by atoms with E-state index in [1.54, 1.807) is 17.0 Å². The highest BCUT2D eigenvalue weighted by molar-refractivity contribution is 6.32. The number of carbonyl (C=O) groups is 2. The second kappa shape index (κ2) is 12.9. The second-order valence-electron chi connectivity index (χ2n) is 10.1. The number of hydrogen-bond acceptors (Lipinski definition) is 7. The minimum atomic E-state index is -5.30. The molecule has 0 aliphatic carbocycles. The summed E-state index contributed by atoms with van der Waals surface area (Å²) < 4.78 is 97.9. The number of hydrogen-bond donors (Lipinski definition) is 1. The SMILES string of the molecule is O=C(O)c1cc(Cl)c(OCCC(F)(F)F)cc1OC[C@H](CN1CCC2(CC1)Cc1cc(Cl)ccc1O2)OC(=O)C(F)(F)F. The highest BCUT2D eigenvalue weighted by atomic mass is 35.5. The van der Waals surface area contributed by atoms with E-state index in [0.29, 0.717) is 43.1 Å². The fourth-order valence-corrected chi connectivity index (χ4v) is 5.26. The van der Waals surface area contributed by atoms with Gasteiger partial charge in [0.25, 0.3) is 0 Å². The van der Waals surface area contributed by atoms with Gasteiger partial charge in [0.1, 0.15) is 41.1 Å². The number of halogens is 8. The van der Waals surface area contributed by atoms with Crippen molar-refractivity contribution in [2.45, 2.75) is 49.7 Å². The number of carboxylic acids is 1. The first-order valence-electron chi connectivity index (χ1n) is 12.9. The van der Waals surface area contributed by atoms with Gasteiger partial charge in [-0.1, -0.05) is 23.2 Å². The number of fused-ring (bicyclic) bond motifs is 1. The van der Waals surface area contributed by atoms with Gasteiger partial charge in [-0.2, -0.15) is 26.3 Å². The maximum Gasteiger partial charge on any atom is 0.490 e. The zero-order valence-corrected chi connectivity index (χ0v) is 23.7. The van der Waals surface area contributed by atoms with Gasteiger partial charge in [0.05, 0.1) is 18.1 Å². The van der Waals surface area contributed by atoms with Gasteiger partial charge in [-0.15, -0.1) is 0 Å². The van der Waals surface area contributed by atoms with Crippen LogP contribution in [0.4, 0.5) is 26.3 Å². The number of piperidine rings is 1. The first-order valence-corrected chi connectivity index (χ1v) is 13.7. The molecule has 16 heteroatoms. The van der Waals surface area contributed by atoms with Crippen LogP contribution in [-0.4, -0.2) is 78.9 Å². The van der Waals surface area contributed by atoms with Crippen LogP contribution in [-0.2, 0) is 16.0 Å². The Morgan fingerprint density at radius 1 is 1.02 bits per heavy atom. The Morgan fingerprint density at radius 2 is 1.72 bits per heavy atom. The van der Waals surface area contributed by atoms with Crippen LogP contribution < -0.4 is 14.2 Å². The molecule has 236 valence electrons. The Labute approximate surface area is 251 Å². The molecule has 1 saturated heterocycles. The minimum absolute atomic E-state index is 0.193. The lowest BCUT2D eigenvalue weighted by Gasteiger charge is -2.39. The highest BCUT2D eigenvalue weighted by Crippen LogP contribution is 2.42. The maximum atomic E-state index is 13.0. The van der Waals surface area contributed by atoms with E-state index in [9.17, 15) is 41.0 Å². The van der Waals surface area contributed by atoms with Crippen molar-refractivity contribution in [3.05, 3.63) is 51.5 Å². The van der Waals surface area contributed by atoms with Gasteiger partial charge in [0, 0.05) is 50.0 Å². The van der Waals surface area contributed by atoms with E-state index in [-0.39, 0.29) is 17.3 Å². The minimum Gasteiger partial charge on any atom is -0.492 e. The van der Waals surface area contributed by atoms with Crippen LogP contribution in [0.1, 0.15) is 35.2 Å². The molecule has 2 heterocycles. The fourth-order valence-electron chi connectivity index (χ4n) is 4.85. The number of aromatic carboxylic acids is 1. The molecule has 1 fully saturated rings. The molecule has 1 spiro atoms. The molecular formula is C27H25Cl2F6NO7. The summed E-state index contributed by atoms with van der Waals surface area (Å²) in [5.41, 5.74) is -0.0993. The van der Waals surface area contributed by atoms with Gasteiger partial charge >= 0.3 is 24.3 Å².